The first-order chi connectivity index (χ1) is 8.00. The van der Waals surface area contributed by atoms with E-state index in [1.807, 2.05) is 0 Å². The first kappa shape index (κ1) is 11.7. The lowest BCUT2D eigenvalue weighted by atomic mass is 10.0. The number of aliphatic hydroxyl groups is 1. The quantitative estimate of drug-likeness (QED) is 0.821. The summed E-state index contributed by atoms with van der Waals surface area (Å²) in [7, 11) is 0. The van der Waals surface area contributed by atoms with Gasteiger partial charge in [-0.1, -0.05) is 6.07 Å². The van der Waals surface area contributed by atoms with Gasteiger partial charge in [0.25, 0.3) is 0 Å². The van der Waals surface area contributed by atoms with Gasteiger partial charge in [0.05, 0.1) is 6.26 Å². The zero-order chi connectivity index (χ0) is 12.6. The van der Waals surface area contributed by atoms with Crippen LogP contribution in [0, 0.1) is 24.4 Å². The smallest absolute Gasteiger partial charge is 0.194 e. The van der Waals surface area contributed by atoms with Gasteiger partial charge < -0.3 is 9.52 Å². The van der Waals surface area contributed by atoms with E-state index in [-0.39, 0.29) is 11.1 Å². The number of rotatable bonds is 2. The Kier molecular flexibility index (Phi) is 2.93. The van der Waals surface area contributed by atoms with Gasteiger partial charge in [0.1, 0.15) is 11.9 Å². The van der Waals surface area contributed by atoms with E-state index in [0.29, 0.717) is 5.76 Å². The molecule has 17 heavy (non-hydrogen) atoms. The third-order valence-corrected chi connectivity index (χ3v) is 2.43. The maximum Gasteiger partial charge on any atom is 0.194 e. The topological polar surface area (TPSA) is 33.4 Å². The summed E-state index contributed by atoms with van der Waals surface area (Å²) >= 11 is 0. The molecular weight excluding hydrogens is 233 g/mol. The van der Waals surface area contributed by atoms with Gasteiger partial charge in [-0.2, -0.15) is 0 Å². The molecule has 2 nitrogen and oxygen atoms in total. The molecule has 1 aromatic carbocycles. The SMILES string of the molecule is Cc1cc(C(O)c2ccc(F)c(F)c2F)co1. The van der Waals surface area contributed by atoms with Crippen molar-refractivity contribution in [3.05, 3.63) is 58.8 Å². The number of furan rings is 1. The summed E-state index contributed by atoms with van der Waals surface area (Å²) in [4.78, 5) is 0. The second-order valence-corrected chi connectivity index (χ2v) is 3.66. The van der Waals surface area contributed by atoms with Crippen LogP contribution in [-0.2, 0) is 0 Å². The molecule has 0 saturated carbocycles. The molecule has 1 N–H and O–H groups in total. The fraction of sp³-hybridized carbons (Fsp3) is 0.167. The minimum absolute atomic E-state index is 0.285. The number of benzene rings is 1. The molecule has 1 atom stereocenters. The van der Waals surface area contributed by atoms with E-state index < -0.39 is 23.6 Å². The highest BCUT2D eigenvalue weighted by Crippen LogP contribution is 2.27. The average molecular weight is 242 g/mol. The zero-order valence-electron chi connectivity index (χ0n) is 8.88. The highest BCUT2D eigenvalue weighted by Gasteiger charge is 2.21. The lowest BCUT2D eigenvalue weighted by Crippen LogP contribution is -2.04. The Labute approximate surface area is 95.3 Å². The molecule has 0 radical (unpaired) electrons. The molecule has 0 bridgehead atoms. The van der Waals surface area contributed by atoms with Crippen molar-refractivity contribution in [2.45, 2.75) is 13.0 Å². The van der Waals surface area contributed by atoms with E-state index in [1.165, 1.54) is 12.3 Å². The molecule has 0 aliphatic heterocycles. The highest BCUT2D eigenvalue weighted by atomic mass is 19.2. The van der Waals surface area contributed by atoms with Gasteiger partial charge in [-0.05, 0) is 19.1 Å². The molecular formula is C12H9F3O2. The molecule has 1 heterocycles. The van der Waals surface area contributed by atoms with Crippen molar-refractivity contribution in [2.24, 2.45) is 0 Å². The first-order valence-electron chi connectivity index (χ1n) is 4.87. The predicted molar refractivity (Wildman–Crippen MR) is 53.8 cm³/mol. The summed E-state index contributed by atoms with van der Waals surface area (Å²) in [6.45, 7) is 1.65. The second kappa shape index (κ2) is 4.25. The summed E-state index contributed by atoms with van der Waals surface area (Å²) in [5.41, 5.74) is -0.0443. The van der Waals surface area contributed by atoms with Crippen LogP contribution >= 0.6 is 0 Å². The van der Waals surface area contributed by atoms with Crippen LogP contribution in [-0.4, -0.2) is 5.11 Å². The van der Waals surface area contributed by atoms with Crippen molar-refractivity contribution in [2.75, 3.05) is 0 Å². The molecule has 0 saturated heterocycles. The third kappa shape index (κ3) is 2.06. The molecule has 2 aromatic rings. The molecule has 0 aliphatic rings. The van der Waals surface area contributed by atoms with Crippen molar-refractivity contribution in [3.63, 3.8) is 0 Å². The summed E-state index contributed by atoms with van der Waals surface area (Å²) < 4.78 is 44.1. The van der Waals surface area contributed by atoms with Crippen molar-refractivity contribution >= 4 is 0 Å². The molecule has 0 amide bonds. The van der Waals surface area contributed by atoms with Crippen LogP contribution in [0.25, 0.3) is 0 Å². The number of aliphatic hydroxyl groups excluding tert-OH is 1. The molecule has 90 valence electrons. The number of hydrogen-bond donors (Lipinski definition) is 1. The molecule has 0 fully saturated rings. The van der Waals surface area contributed by atoms with Crippen molar-refractivity contribution in [3.8, 4) is 0 Å². The summed E-state index contributed by atoms with van der Waals surface area (Å²) in [5.74, 6) is -3.75. The Hall–Kier alpha value is -1.75. The Morgan fingerprint density at radius 3 is 2.47 bits per heavy atom. The van der Waals surface area contributed by atoms with Gasteiger partial charge in [0.15, 0.2) is 17.5 Å². The van der Waals surface area contributed by atoms with Crippen LogP contribution < -0.4 is 0 Å². The maximum absolute atomic E-state index is 13.4. The van der Waals surface area contributed by atoms with Crippen LogP contribution in [0.3, 0.4) is 0 Å². The summed E-state index contributed by atoms with van der Waals surface area (Å²) in [6, 6.07) is 3.26. The summed E-state index contributed by atoms with van der Waals surface area (Å²) in [6.07, 6.45) is -0.150. The standard InChI is InChI=1S/C12H9F3O2/c1-6-4-7(5-17-6)12(16)8-2-3-9(13)11(15)10(8)14/h2-5,12,16H,1H3. The average Bonchev–Trinajstić information content (AvgIpc) is 2.72. The molecule has 0 aliphatic carbocycles. The van der Waals surface area contributed by atoms with Gasteiger partial charge in [0.2, 0.25) is 0 Å². The Morgan fingerprint density at radius 2 is 1.88 bits per heavy atom. The first-order valence-corrected chi connectivity index (χ1v) is 4.87. The fourth-order valence-corrected chi connectivity index (χ4v) is 1.54. The molecule has 1 unspecified atom stereocenters. The van der Waals surface area contributed by atoms with Gasteiger partial charge in [-0.25, -0.2) is 13.2 Å². The molecule has 5 heteroatoms. The third-order valence-electron chi connectivity index (χ3n) is 2.43. The van der Waals surface area contributed by atoms with Crippen LogP contribution in [0.1, 0.15) is 23.0 Å². The number of hydrogen-bond acceptors (Lipinski definition) is 2. The van der Waals surface area contributed by atoms with E-state index in [0.717, 1.165) is 12.1 Å². The van der Waals surface area contributed by atoms with E-state index in [9.17, 15) is 18.3 Å². The lowest BCUT2D eigenvalue weighted by Gasteiger charge is -2.10. The van der Waals surface area contributed by atoms with Crippen LogP contribution in [0.4, 0.5) is 13.2 Å². The number of aryl methyl sites for hydroxylation is 1. The highest BCUT2D eigenvalue weighted by molar-refractivity contribution is 5.30. The zero-order valence-corrected chi connectivity index (χ0v) is 8.88. The Bertz CT molecular complexity index is 549. The molecule has 2 rings (SSSR count). The Morgan fingerprint density at radius 1 is 1.18 bits per heavy atom. The van der Waals surface area contributed by atoms with Crippen molar-refractivity contribution < 1.29 is 22.7 Å². The largest absolute Gasteiger partial charge is 0.469 e. The minimum Gasteiger partial charge on any atom is -0.469 e. The van der Waals surface area contributed by atoms with Crippen molar-refractivity contribution in [1.82, 2.24) is 0 Å². The van der Waals surface area contributed by atoms with Gasteiger partial charge in [-0.15, -0.1) is 0 Å². The van der Waals surface area contributed by atoms with Crippen LogP contribution in [0.15, 0.2) is 28.9 Å². The lowest BCUT2D eigenvalue weighted by molar-refractivity contribution is 0.211. The summed E-state index contributed by atoms with van der Waals surface area (Å²) in [5, 5.41) is 9.81. The molecule has 1 aromatic heterocycles. The maximum atomic E-state index is 13.4. The van der Waals surface area contributed by atoms with Crippen LogP contribution in [0.2, 0.25) is 0 Å². The van der Waals surface area contributed by atoms with Crippen LogP contribution in [0.5, 0.6) is 0 Å². The van der Waals surface area contributed by atoms with E-state index in [2.05, 4.69) is 0 Å². The van der Waals surface area contributed by atoms with E-state index in [1.54, 1.807) is 6.92 Å². The monoisotopic (exact) mass is 242 g/mol. The van der Waals surface area contributed by atoms with E-state index in [4.69, 9.17) is 4.42 Å². The van der Waals surface area contributed by atoms with Gasteiger partial charge in [0, 0.05) is 11.1 Å². The fourth-order valence-electron chi connectivity index (χ4n) is 1.54. The number of halogens is 3. The molecule has 0 spiro atoms. The Balaban J connectivity index is 2.44. The van der Waals surface area contributed by atoms with E-state index >= 15 is 0 Å². The predicted octanol–water partition coefficient (Wildman–Crippen LogP) is 3.09. The minimum atomic E-state index is -1.60. The van der Waals surface area contributed by atoms with Crippen molar-refractivity contribution in [1.29, 1.82) is 0 Å². The normalized spacial score (nSPS) is 12.8. The van der Waals surface area contributed by atoms with Gasteiger partial charge >= 0.3 is 0 Å². The second-order valence-electron chi connectivity index (χ2n) is 3.66. The van der Waals surface area contributed by atoms with Gasteiger partial charge in [-0.3, -0.25) is 0 Å².